The molecule has 1 aromatic rings. The summed E-state index contributed by atoms with van der Waals surface area (Å²) in [6.45, 7) is 3.54. The fourth-order valence-electron chi connectivity index (χ4n) is 1.29. The zero-order valence-electron chi connectivity index (χ0n) is 9.84. The molecule has 0 amide bonds. The van der Waals surface area contributed by atoms with Gasteiger partial charge in [-0.25, -0.2) is 0 Å². The standard InChI is InChI=1S/C12H17BrClNO2/c1-16-6-7-17-5-4-15-9-10-8-11(14)2-3-12(10)13/h2-3,8,15H,4-7,9H2,1H3. The highest BCUT2D eigenvalue weighted by Crippen LogP contribution is 2.20. The molecule has 0 aliphatic rings. The lowest BCUT2D eigenvalue weighted by atomic mass is 10.2. The Labute approximate surface area is 116 Å². The largest absolute Gasteiger partial charge is 0.382 e. The number of rotatable bonds is 8. The molecule has 1 aromatic carbocycles. The second-order valence-corrected chi connectivity index (χ2v) is 4.81. The minimum Gasteiger partial charge on any atom is -0.382 e. The maximum absolute atomic E-state index is 5.93. The molecule has 0 fully saturated rings. The smallest absolute Gasteiger partial charge is 0.0700 e. The predicted octanol–water partition coefficient (Wildman–Crippen LogP) is 2.86. The van der Waals surface area contributed by atoms with E-state index < -0.39 is 0 Å². The van der Waals surface area contributed by atoms with Crippen LogP contribution in [0.15, 0.2) is 22.7 Å². The van der Waals surface area contributed by atoms with Gasteiger partial charge in [0.05, 0.1) is 19.8 Å². The molecule has 0 bridgehead atoms. The summed E-state index contributed by atoms with van der Waals surface area (Å²) in [4.78, 5) is 0. The van der Waals surface area contributed by atoms with Crippen LogP contribution in [0.25, 0.3) is 0 Å². The third-order valence-electron chi connectivity index (χ3n) is 2.18. The summed E-state index contributed by atoms with van der Waals surface area (Å²) in [5, 5.41) is 4.04. The number of hydrogen-bond donors (Lipinski definition) is 1. The summed E-state index contributed by atoms with van der Waals surface area (Å²) in [7, 11) is 1.66. The van der Waals surface area contributed by atoms with Gasteiger partial charge in [0.15, 0.2) is 0 Å². The zero-order valence-corrected chi connectivity index (χ0v) is 12.2. The van der Waals surface area contributed by atoms with E-state index in [1.54, 1.807) is 7.11 Å². The van der Waals surface area contributed by atoms with Gasteiger partial charge in [-0.2, -0.15) is 0 Å². The molecule has 0 aliphatic heterocycles. The highest BCUT2D eigenvalue weighted by Gasteiger charge is 2.00. The topological polar surface area (TPSA) is 30.5 Å². The van der Waals surface area contributed by atoms with Crippen molar-refractivity contribution >= 4 is 27.5 Å². The number of ether oxygens (including phenoxy) is 2. The maximum atomic E-state index is 5.93. The summed E-state index contributed by atoms with van der Waals surface area (Å²) < 4.78 is 11.3. The van der Waals surface area contributed by atoms with E-state index in [0.717, 1.165) is 28.1 Å². The first-order chi connectivity index (χ1) is 8.24. The van der Waals surface area contributed by atoms with E-state index in [9.17, 15) is 0 Å². The molecular formula is C12H17BrClNO2. The van der Waals surface area contributed by atoms with E-state index in [2.05, 4.69) is 21.2 Å². The van der Waals surface area contributed by atoms with E-state index >= 15 is 0 Å². The van der Waals surface area contributed by atoms with Crippen molar-refractivity contribution in [1.82, 2.24) is 5.32 Å². The average molecular weight is 323 g/mol. The molecule has 3 nitrogen and oxygen atoms in total. The Morgan fingerprint density at radius 1 is 1.29 bits per heavy atom. The lowest BCUT2D eigenvalue weighted by Crippen LogP contribution is -2.20. The predicted molar refractivity (Wildman–Crippen MR) is 73.6 cm³/mol. The van der Waals surface area contributed by atoms with Crippen molar-refractivity contribution in [2.75, 3.05) is 33.5 Å². The zero-order chi connectivity index (χ0) is 12.5. The molecule has 0 saturated carbocycles. The van der Waals surface area contributed by atoms with Crippen LogP contribution in [-0.4, -0.2) is 33.5 Å². The van der Waals surface area contributed by atoms with Crippen LogP contribution in [0.1, 0.15) is 5.56 Å². The fourth-order valence-corrected chi connectivity index (χ4v) is 1.87. The first-order valence-corrected chi connectivity index (χ1v) is 6.62. The Morgan fingerprint density at radius 2 is 2.12 bits per heavy atom. The van der Waals surface area contributed by atoms with Crippen LogP contribution in [0.5, 0.6) is 0 Å². The average Bonchev–Trinajstić information content (AvgIpc) is 2.32. The maximum Gasteiger partial charge on any atom is 0.0700 e. The number of hydrogen-bond acceptors (Lipinski definition) is 3. The van der Waals surface area contributed by atoms with Crippen molar-refractivity contribution in [2.45, 2.75) is 6.54 Å². The SMILES string of the molecule is COCCOCCNCc1cc(Cl)ccc1Br. The van der Waals surface area contributed by atoms with Gasteiger partial charge < -0.3 is 14.8 Å². The van der Waals surface area contributed by atoms with E-state index in [0.29, 0.717) is 19.8 Å². The van der Waals surface area contributed by atoms with Crippen LogP contribution in [0, 0.1) is 0 Å². The van der Waals surface area contributed by atoms with Crippen molar-refractivity contribution in [3.63, 3.8) is 0 Å². The molecule has 5 heteroatoms. The Kier molecular flexibility index (Phi) is 7.81. The quantitative estimate of drug-likeness (QED) is 0.747. The first kappa shape index (κ1) is 14.9. The molecule has 0 unspecified atom stereocenters. The number of methoxy groups -OCH3 is 1. The number of benzene rings is 1. The normalized spacial score (nSPS) is 10.8. The van der Waals surface area contributed by atoms with Crippen LogP contribution in [0.2, 0.25) is 5.02 Å². The summed E-state index contributed by atoms with van der Waals surface area (Å²) >= 11 is 9.41. The monoisotopic (exact) mass is 321 g/mol. The van der Waals surface area contributed by atoms with Crippen LogP contribution < -0.4 is 5.32 Å². The van der Waals surface area contributed by atoms with E-state index in [1.807, 2.05) is 18.2 Å². The summed E-state index contributed by atoms with van der Waals surface area (Å²) in [5.41, 5.74) is 1.15. The lowest BCUT2D eigenvalue weighted by Gasteiger charge is -2.08. The highest BCUT2D eigenvalue weighted by molar-refractivity contribution is 9.10. The summed E-state index contributed by atoms with van der Waals surface area (Å²) in [6, 6.07) is 5.77. The molecule has 0 aromatic heterocycles. The summed E-state index contributed by atoms with van der Waals surface area (Å²) in [5.74, 6) is 0. The molecule has 0 atom stereocenters. The number of nitrogens with one attached hydrogen (secondary N) is 1. The van der Waals surface area contributed by atoms with Crippen molar-refractivity contribution < 1.29 is 9.47 Å². The number of halogens is 2. The molecule has 1 rings (SSSR count). The van der Waals surface area contributed by atoms with Gasteiger partial charge in [-0.3, -0.25) is 0 Å². The first-order valence-electron chi connectivity index (χ1n) is 5.45. The third kappa shape index (κ3) is 6.38. The van der Waals surface area contributed by atoms with Crippen molar-refractivity contribution in [3.8, 4) is 0 Å². The molecule has 0 radical (unpaired) electrons. The third-order valence-corrected chi connectivity index (χ3v) is 3.19. The second kappa shape index (κ2) is 8.89. The molecular weight excluding hydrogens is 305 g/mol. The molecule has 17 heavy (non-hydrogen) atoms. The minimum atomic E-state index is 0.638. The van der Waals surface area contributed by atoms with Gasteiger partial charge in [0.25, 0.3) is 0 Å². The summed E-state index contributed by atoms with van der Waals surface area (Å²) in [6.07, 6.45) is 0. The highest BCUT2D eigenvalue weighted by atomic mass is 79.9. The van der Waals surface area contributed by atoms with Crippen LogP contribution in [0.4, 0.5) is 0 Å². The molecule has 0 saturated heterocycles. The Hall–Kier alpha value is -0.130. The van der Waals surface area contributed by atoms with Crippen molar-refractivity contribution in [3.05, 3.63) is 33.3 Å². The van der Waals surface area contributed by atoms with Crippen LogP contribution >= 0.6 is 27.5 Å². The van der Waals surface area contributed by atoms with Gasteiger partial charge in [-0.1, -0.05) is 27.5 Å². The second-order valence-electron chi connectivity index (χ2n) is 3.52. The lowest BCUT2D eigenvalue weighted by molar-refractivity contribution is 0.0719. The van der Waals surface area contributed by atoms with Gasteiger partial charge in [0.1, 0.15) is 0 Å². The van der Waals surface area contributed by atoms with Gasteiger partial charge in [0.2, 0.25) is 0 Å². The molecule has 0 aliphatic carbocycles. The van der Waals surface area contributed by atoms with Crippen LogP contribution in [-0.2, 0) is 16.0 Å². The van der Waals surface area contributed by atoms with E-state index in [-0.39, 0.29) is 0 Å². The van der Waals surface area contributed by atoms with Gasteiger partial charge in [-0.05, 0) is 23.8 Å². The van der Waals surface area contributed by atoms with E-state index in [1.165, 1.54) is 0 Å². The van der Waals surface area contributed by atoms with Crippen molar-refractivity contribution in [1.29, 1.82) is 0 Å². The molecule has 0 spiro atoms. The Balaban J connectivity index is 2.15. The molecule has 0 heterocycles. The van der Waals surface area contributed by atoms with Crippen LogP contribution in [0.3, 0.4) is 0 Å². The Bertz CT molecular complexity index is 336. The molecule has 96 valence electrons. The minimum absolute atomic E-state index is 0.638. The van der Waals surface area contributed by atoms with Crippen molar-refractivity contribution in [2.24, 2.45) is 0 Å². The molecule has 1 N–H and O–H groups in total. The van der Waals surface area contributed by atoms with Gasteiger partial charge in [0, 0.05) is 29.7 Å². The van der Waals surface area contributed by atoms with Gasteiger partial charge in [-0.15, -0.1) is 0 Å². The fraction of sp³-hybridized carbons (Fsp3) is 0.500. The Morgan fingerprint density at radius 3 is 2.88 bits per heavy atom. The van der Waals surface area contributed by atoms with E-state index in [4.69, 9.17) is 21.1 Å². The van der Waals surface area contributed by atoms with Gasteiger partial charge >= 0.3 is 0 Å².